The molecule has 1 aliphatic heterocycles. The van der Waals surface area contributed by atoms with Gasteiger partial charge in [-0.05, 0) is 30.7 Å². The topological polar surface area (TPSA) is 38.0 Å². The zero-order valence-corrected chi connectivity index (χ0v) is 13.8. The molecule has 5 heteroatoms. The average Bonchev–Trinajstić information content (AvgIpc) is 2.42. The molecule has 0 atom stereocenters. The highest BCUT2D eigenvalue weighted by atomic mass is 79.9. The first kappa shape index (κ1) is 15.5. The molecule has 0 saturated carbocycles. The van der Waals surface area contributed by atoms with E-state index in [2.05, 4.69) is 28.3 Å². The van der Waals surface area contributed by atoms with Crippen molar-refractivity contribution in [3.63, 3.8) is 0 Å². The summed E-state index contributed by atoms with van der Waals surface area (Å²) in [4.78, 5) is 15.1. The van der Waals surface area contributed by atoms with Crippen molar-refractivity contribution in [3.05, 3.63) is 28.2 Å². The predicted molar refractivity (Wildman–Crippen MR) is 84.3 cm³/mol. The van der Waals surface area contributed by atoms with Crippen LogP contribution in [-0.2, 0) is 4.79 Å². The Balaban J connectivity index is 1.76. The quantitative estimate of drug-likeness (QED) is 0.678. The maximum Gasteiger partial charge on any atom is 0.230 e. The van der Waals surface area contributed by atoms with E-state index in [-0.39, 0.29) is 5.91 Å². The summed E-state index contributed by atoms with van der Waals surface area (Å²) in [6, 6.07) is 5.90. The third-order valence-electron chi connectivity index (χ3n) is 3.96. The minimum absolute atomic E-state index is 0.116. The molecule has 0 aliphatic carbocycles. The normalized spacial score (nSPS) is 22.6. The zero-order chi connectivity index (χ0) is 14.5. The number of halogens is 1. The SMILES string of the molecule is Cc1cc(NC(=O)CC[NH+]2CC[NH+](C)CC2)ccc1Br. The van der Waals surface area contributed by atoms with Crippen molar-refractivity contribution >= 4 is 27.5 Å². The highest BCUT2D eigenvalue weighted by Gasteiger charge is 2.20. The molecule has 2 rings (SSSR count). The minimum Gasteiger partial charge on any atom is -0.328 e. The van der Waals surface area contributed by atoms with E-state index in [4.69, 9.17) is 0 Å². The lowest BCUT2D eigenvalue weighted by Crippen LogP contribution is -3.27. The summed E-state index contributed by atoms with van der Waals surface area (Å²) in [5.74, 6) is 0.116. The minimum atomic E-state index is 0.116. The number of quaternary nitrogens is 2. The Morgan fingerprint density at radius 3 is 2.65 bits per heavy atom. The van der Waals surface area contributed by atoms with Crippen molar-refractivity contribution in [1.29, 1.82) is 0 Å². The van der Waals surface area contributed by atoms with E-state index in [0.717, 1.165) is 22.3 Å². The van der Waals surface area contributed by atoms with E-state index in [0.29, 0.717) is 6.42 Å². The van der Waals surface area contributed by atoms with Crippen LogP contribution < -0.4 is 15.1 Å². The van der Waals surface area contributed by atoms with E-state index in [9.17, 15) is 4.79 Å². The number of piperazine rings is 1. The molecular formula is C15H24BrN3O+2. The molecule has 1 amide bonds. The Hall–Kier alpha value is -0.910. The van der Waals surface area contributed by atoms with Crippen molar-refractivity contribution in [1.82, 2.24) is 0 Å². The molecule has 4 nitrogen and oxygen atoms in total. The Morgan fingerprint density at radius 2 is 2.00 bits per heavy atom. The zero-order valence-electron chi connectivity index (χ0n) is 12.3. The Labute approximate surface area is 129 Å². The number of carbonyl (C=O) groups is 1. The molecule has 1 saturated heterocycles. The van der Waals surface area contributed by atoms with Crippen LogP contribution in [0.15, 0.2) is 22.7 Å². The summed E-state index contributed by atoms with van der Waals surface area (Å²) in [5.41, 5.74) is 2.02. The summed E-state index contributed by atoms with van der Waals surface area (Å²) in [6.07, 6.45) is 0.601. The molecule has 1 aromatic rings. The van der Waals surface area contributed by atoms with Crippen molar-refractivity contribution in [3.8, 4) is 0 Å². The lowest BCUT2D eigenvalue weighted by molar-refractivity contribution is -1.00. The van der Waals surface area contributed by atoms with Gasteiger partial charge in [0, 0.05) is 10.2 Å². The van der Waals surface area contributed by atoms with Crippen LogP contribution >= 0.6 is 15.9 Å². The van der Waals surface area contributed by atoms with Crippen LogP contribution in [0.3, 0.4) is 0 Å². The van der Waals surface area contributed by atoms with E-state index >= 15 is 0 Å². The predicted octanol–water partition coefficient (Wildman–Crippen LogP) is -0.501. The summed E-state index contributed by atoms with van der Waals surface area (Å²) < 4.78 is 1.07. The van der Waals surface area contributed by atoms with Gasteiger partial charge in [0.2, 0.25) is 5.91 Å². The summed E-state index contributed by atoms with van der Waals surface area (Å²) in [6.45, 7) is 7.74. The van der Waals surface area contributed by atoms with Crippen LogP contribution in [-0.4, -0.2) is 45.7 Å². The fourth-order valence-corrected chi connectivity index (χ4v) is 2.76. The number of hydrogen-bond donors (Lipinski definition) is 3. The number of carbonyl (C=O) groups excluding carboxylic acids is 1. The van der Waals surface area contributed by atoms with Gasteiger partial charge in [-0.1, -0.05) is 15.9 Å². The third kappa shape index (κ3) is 4.58. The van der Waals surface area contributed by atoms with Gasteiger partial charge in [0.1, 0.15) is 26.2 Å². The van der Waals surface area contributed by atoms with Crippen LogP contribution in [0.1, 0.15) is 12.0 Å². The third-order valence-corrected chi connectivity index (χ3v) is 4.85. The molecule has 0 aromatic heterocycles. The van der Waals surface area contributed by atoms with E-state index in [1.807, 2.05) is 25.1 Å². The van der Waals surface area contributed by atoms with E-state index in [1.54, 1.807) is 9.80 Å². The van der Waals surface area contributed by atoms with Gasteiger partial charge in [0.25, 0.3) is 0 Å². The first-order valence-electron chi connectivity index (χ1n) is 7.25. The highest BCUT2D eigenvalue weighted by molar-refractivity contribution is 9.10. The van der Waals surface area contributed by atoms with E-state index < -0.39 is 0 Å². The van der Waals surface area contributed by atoms with Gasteiger partial charge >= 0.3 is 0 Å². The Bertz CT molecular complexity index is 470. The molecule has 110 valence electrons. The molecule has 0 bridgehead atoms. The molecule has 0 radical (unpaired) electrons. The van der Waals surface area contributed by atoms with Crippen LogP contribution in [0, 0.1) is 6.92 Å². The second-order valence-corrected chi connectivity index (χ2v) is 6.57. The van der Waals surface area contributed by atoms with Gasteiger partial charge in [-0.2, -0.15) is 0 Å². The fourth-order valence-electron chi connectivity index (χ4n) is 2.52. The monoisotopic (exact) mass is 341 g/mol. The lowest BCUT2D eigenvalue weighted by Gasteiger charge is -2.27. The van der Waals surface area contributed by atoms with Crippen molar-refractivity contribution in [2.24, 2.45) is 0 Å². The molecule has 1 aromatic carbocycles. The smallest absolute Gasteiger partial charge is 0.230 e. The van der Waals surface area contributed by atoms with Crippen LogP contribution in [0.4, 0.5) is 5.69 Å². The Kier molecular flexibility index (Phi) is 5.57. The second kappa shape index (κ2) is 7.20. The summed E-state index contributed by atoms with van der Waals surface area (Å²) >= 11 is 3.47. The largest absolute Gasteiger partial charge is 0.328 e. The van der Waals surface area contributed by atoms with Gasteiger partial charge in [0.15, 0.2) is 0 Å². The van der Waals surface area contributed by atoms with Crippen molar-refractivity contribution in [2.75, 3.05) is 45.1 Å². The van der Waals surface area contributed by atoms with Crippen LogP contribution in [0.25, 0.3) is 0 Å². The first-order chi connectivity index (χ1) is 9.54. The molecule has 0 spiro atoms. The van der Waals surface area contributed by atoms with Gasteiger partial charge in [-0.25, -0.2) is 0 Å². The standard InChI is InChI=1S/C15H22BrN3O/c1-12-11-13(3-4-14(12)16)17-15(20)5-6-19-9-7-18(2)8-10-19/h3-4,11H,5-10H2,1-2H3,(H,17,20)/p+2. The maximum atomic E-state index is 12.0. The molecule has 0 unspecified atom stereocenters. The fraction of sp³-hybridized carbons (Fsp3) is 0.533. The number of anilines is 1. The first-order valence-corrected chi connectivity index (χ1v) is 8.05. The number of hydrogen-bond acceptors (Lipinski definition) is 1. The van der Waals surface area contributed by atoms with Gasteiger partial charge in [0.05, 0.1) is 20.0 Å². The summed E-state index contributed by atoms with van der Waals surface area (Å²) in [5, 5.41) is 2.98. The lowest BCUT2D eigenvalue weighted by atomic mass is 10.2. The second-order valence-electron chi connectivity index (χ2n) is 5.72. The molecule has 1 fully saturated rings. The molecule has 3 N–H and O–H groups in total. The number of amides is 1. The molecular weight excluding hydrogens is 318 g/mol. The van der Waals surface area contributed by atoms with Crippen LogP contribution in [0.2, 0.25) is 0 Å². The highest BCUT2D eigenvalue weighted by Crippen LogP contribution is 2.19. The van der Waals surface area contributed by atoms with E-state index in [1.165, 1.54) is 26.2 Å². The van der Waals surface area contributed by atoms with Crippen molar-refractivity contribution < 1.29 is 14.6 Å². The number of nitrogens with one attached hydrogen (secondary N) is 3. The van der Waals surface area contributed by atoms with Crippen molar-refractivity contribution in [2.45, 2.75) is 13.3 Å². The summed E-state index contributed by atoms with van der Waals surface area (Å²) in [7, 11) is 2.24. The van der Waals surface area contributed by atoms with Crippen LogP contribution in [0.5, 0.6) is 0 Å². The van der Waals surface area contributed by atoms with Gasteiger partial charge < -0.3 is 15.1 Å². The number of aryl methyl sites for hydroxylation is 1. The molecule has 20 heavy (non-hydrogen) atoms. The Morgan fingerprint density at radius 1 is 1.30 bits per heavy atom. The molecule has 1 aliphatic rings. The molecule has 1 heterocycles. The van der Waals surface area contributed by atoms with Gasteiger partial charge in [-0.15, -0.1) is 0 Å². The number of benzene rings is 1. The average molecular weight is 342 g/mol. The number of rotatable bonds is 4. The maximum absolute atomic E-state index is 12.0. The van der Waals surface area contributed by atoms with Gasteiger partial charge in [-0.3, -0.25) is 4.79 Å². The number of likely N-dealkylation sites (N-methyl/N-ethyl adjacent to an activating group) is 1.